The Labute approximate surface area is 173 Å². The predicted molar refractivity (Wildman–Crippen MR) is 109 cm³/mol. The summed E-state index contributed by atoms with van der Waals surface area (Å²) in [6.07, 6.45) is 0.635. The summed E-state index contributed by atoms with van der Waals surface area (Å²) >= 11 is 1.28. The van der Waals surface area contributed by atoms with Gasteiger partial charge in [-0.05, 0) is 23.8 Å². The lowest BCUT2D eigenvalue weighted by Crippen LogP contribution is -2.11. The van der Waals surface area contributed by atoms with Gasteiger partial charge in [0.25, 0.3) is 0 Å². The van der Waals surface area contributed by atoms with Crippen LogP contribution in [0.15, 0.2) is 53.7 Å². The van der Waals surface area contributed by atoms with Crippen molar-refractivity contribution in [1.29, 1.82) is 0 Å². The number of halogens is 1. The van der Waals surface area contributed by atoms with Crippen molar-refractivity contribution in [1.82, 2.24) is 14.8 Å². The molecule has 6 nitrogen and oxygen atoms in total. The average Bonchev–Trinajstić information content (AvgIpc) is 3.12. The van der Waals surface area contributed by atoms with Crippen molar-refractivity contribution in [2.45, 2.75) is 18.1 Å². The molecular formula is C21H22FN3O3S. The van der Waals surface area contributed by atoms with Crippen molar-refractivity contribution in [3.63, 3.8) is 0 Å². The van der Waals surface area contributed by atoms with Crippen LogP contribution in [0.3, 0.4) is 0 Å². The van der Waals surface area contributed by atoms with Crippen molar-refractivity contribution < 1.29 is 18.7 Å². The van der Waals surface area contributed by atoms with E-state index in [9.17, 15) is 9.18 Å². The highest BCUT2D eigenvalue weighted by atomic mass is 32.2. The molecule has 0 atom stereocenters. The minimum atomic E-state index is -0.559. The molecule has 0 aliphatic rings. The fourth-order valence-corrected chi connectivity index (χ4v) is 3.67. The molecule has 0 N–H and O–H groups in total. The van der Waals surface area contributed by atoms with Gasteiger partial charge in [-0.1, -0.05) is 42.1 Å². The van der Waals surface area contributed by atoms with Gasteiger partial charge < -0.3 is 14.0 Å². The van der Waals surface area contributed by atoms with Crippen LogP contribution in [0.25, 0.3) is 0 Å². The highest BCUT2D eigenvalue weighted by molar-refractivity contribution is 7.99. The maximum atomic E-state index is 13.9. The van der Waals surface area contributed by atoms with E-state index in [0.717, 1.165) is 11.4 Å². The fraction of sp³-hybridized carbons (Fsp3) is 0.286. The number of carbonyl (C=O) groups excluding carboxylic acids is 1. The highest BCUT2D eigenvalue weighted by Crippen LogP contribution is 2.22. The molecular weight excluding hydrogens is 393 g/mol. The van der Waals surface area contributed by atoms with Crippen LogP contribution in [0.5, 0.6) is 5.75 Å². The van der Waals surface area contributed by atoms with Gasteiger partial charge in [0.15, 0.2) is 22.5 Å². The van der Waals surface area contributed by atoms with Gasteiger partial charge in [-0.2, -0.15) is 0 Å². The molecule has 8 heteroatoms. The van der Waals surface area contributed by atoms with E-state index in [1.54, 1.807) is 13.2 Å². The van der Waals surface area contributed by atoms with Crippen molar-refractivity contribution >= 4 is 17.5 Å². The molecule has 0 aliphatic heterocycles. The zero-order chi connectivity index (χ0) is 20.6. The standard InChI is InChI=1S/C21H22FN3O3S/c1-27-11-10-25-20(12-15-6-4-3-5-7-15)23-24-21(25)29-14-18(26)16-8-9-19(28-2)17(22)13-16/h3-9,13H,10-12,14H2,1-2H3. The largest absolute Gasteiger partial charge is 0.494 e. The summed E-state index contributed by atoms with van der Waals surface area (Å²) in [4.78, 5) is 12.5. The van der Waals surface area contributed by atoms with Gasteiger partial charge in [0.05, 0.1) is 19.5 Å². The molecule has 2 aromatic carbocycles. The number of aromatic nitrogens is 3. The molecule has 29 heavy (non-hydrogen) atoms. The molecule has 0 bridgehead atoms. The number of benzene rings is 2. The summed E-state index contributed by atoms with van der Waals surface area (Å²) < 4.78 is 25.9. The SMILES string of the molecule is COCCn1c(Cc2ccccc2)nnc1SCC(=O)c1ccc(OC)c(F)c1. The van der Waals surface area contributed by atoms with E-state index in [2.05, 4.69) is 10.2 Å². The maximum absolute atomic E-state index is 13.9. The van der Waals surface area contributed by atoms with E-state index in [1.807, 2.05) is 34.9 Å². The summed E-state index contributed by atoms with van der Waals surface area (Å²) in [7, 11) is 3.02. The first kappa shape index (κ1) is 21.0. The summed E-state index contributed by atoms with van der Waals surface area (Å²) in [6, 6.07) is 14.2. The Morgan fingerprint density at radius 3 is 2.62 bits per heavy atom. The number of hydrogen-bond acceptors (Lipinski definition) is 6. The molecule has 3 rings (SSSR count). The van der Waals surface area contributed by atoms with Gasteiger partial charge in [0.1, 0.15) is 5.82 Å². The van der Waals surface area contributed by atoms with Gasteiger partial charge >= 0.3 is 0 Å². The smallest absolute Gasteiger partial charge is 0.191 e. The second kappa shape index (κ2) is 10.2. The van der Waals surface area contributed by atoms with Crippen LogP contribution in [0.1, 0.15) is 21.7 Å². The van der Waals surface area contributed by atoms with Crippen molar-refractivity contribution in [3.05, 3.63) is 71.3 Å². The van der Waals surface area contributed by atoms with Crippen LogP contribution in [0, 0.1) is 5.82 Å². The monoisotopic (exact) mass is 415 g/mol. The maximum Gasteiger partial charge on any atom is 0.191 e. The van der Waals surface area contributed by atoms with Crippen LogP contribution < -0.4 is 4.74 Å². The zero-order valence-corrected chi connectivity index (χ0v) is 17.1. The van der Waals surface area contributed by atoms with Crippen molar-refractivity contribution in [2.75, 3.05) is 26.6 Å². The number of nitrogens with zero attached hydrogens (tertiary/aromatic N) is 3. The van der Waals surface area contributed by atoms with Crippen LogP contribution in [0.4, 0.5) is 4.39 Å². The van der Waals surface area contributed by atoms with Crippen LogP contribution >= 0.6 is 11.8 Å². The Balaban J connectivity index is 1.72. The minimum Gasteiger partial charge on any atom is -0.494 e. The summed E-state index contributed by atoms with van der Waals surface area (Å²) in [6.45, 7) is 1.09. The van der Waals surface area contributed by atoms with Crippen LogP contribution in [-0.4, -0.2) is 47.1 Å². The number of Topliss-reactive ketones (excluding diaryl/α,β-unsaturated/α-hetero) is 1. The van der Waals surface area contributed by atoms with Gasteiger partial charge in [0.2, 0.25) is 0 Å². The Bertz CT molecular complexity index is 963. The van der Waals surface area contributed by atoms with Crippen LogP contribution in [-0.2, 0) is 17.7 Å². The van der Waals surface area contributed by atoms with Gasteiger partial charge in [-0.15, -0.1) is 10.2 Å². The topological polar surface area (TPSA) is 66.2 Å². The molecule has 1 aromatic heterocycles. The molecule has 0 saturated heterocycles. The number of ketones is 1. The molecule has 0 amide bonds. The van der Waals surface area contributed by atoms with Crippen molar-refractivity contribution in [3.8, 4) is 5.75 Å². The number of methoxy groups -OCH3 is 2. The van der Waals surface area contributed by atoms with E-state index in [0.29, 0.717) is 30.3 Å². The molecule has 0 fully saturated rings. The summed E-state index contributed by atoms with van der Waals surface area (Å²) in [5, 5.41) is 9.18. The number of hydrogen-bond donors (Lipinski definition) is 0. The number of ether oxygens (including phenoxy) is 2. The fourth-order valence-electron chi connectivity index (χ4n) is 2.80. The second-order valence-corrected chi connectivity index (χ2v) is 7.21. The molecule has 1 heterocycles. The lowest BCUT2D eigenvalue weighted by atomic mass is 10.1. The summed E-state index contributed by atoms with van der Waals surface area (Å²) in [5.74, 6) is 0.291. The molecule has 3 aromatic rings. The molecule has 0 aliphatic carbocycles. The zero-order valence-electron chi connectivity index (χ0n) is 16.3. The number of carbonyl (C=O) groups is 1. The first-order valence-electron chi connectivity index (χ1n) is 9.07. The van der Waals surface area contributed by atoms with E-state index < -0.39 is 5.82 Å². The summed E-state index contributed by atoms with van der Waals surface area (Å²) in [5.41, 5.74) is 1.42. The van der Waals surface area contributed by atoms with Gasteiger partial charge in [-0.25, -0.2) is 4.39 Å². The van der Waals surface area contributed by atoms with Gasteiger partial charge in [0, 0.05) is 25.6 Å². The third kappa shape index (κ3) is 5.42. The minimum absolute atomic E-state index is 0.110. The normalized spacial score (nSPS) is 10.9. The molecule has 0 saturated carbocycles. The first-order valence-corrected chi connectivity index (χ1v) is 10.1. The number of thioether (sulfide) groups is 1. The number of rotatable bonds is 10. The Morgan fingerprint density at radius 1 is 1.14 bits per heavy atom. The molecule has 0 radical (unpaired) electrons. The van der Waals surface area contributed by atoms with Crippen molar-refractivity contribution in [2.24, 2.45) is 0 Å². The van der Waals surface area contributed by atoms with E-state index in [-0.39, 0.29) is 17.3 Å². The lowest BCUT2D eigenvalue weighted by Gasteiger charge is -2.10. The first-order chi connectivity index (χ1) is 14.1. The Morgan fingerprint density at radius 2 is 1.93 bits per heavy atom. The van der Waals surface area contributed by atoms with Gasteiger partial charge in [-0.3, -0.25) is 4.79 Å². The van der Waals surface area contributed by atoms with E-state index >= 15 is 0 Å². The third-order valence-corrected chi connectivity index (χ3v) is 5.29. The predicted octanol–water partition coefficient (Wildman–Crippen LogP) is 3.64. The molecule has 0 unspecified atom stereocenters. The Hall–Kier alpha value is -2.71. The van der Waals surface area contributed by atoms with E-state index in [1.165, 1.54) is 31.0 Å². The highest BCUT2D eigenvalue weighted by Gasteiger charge is 2.16. The molecule has 0 spiro atoms. The lowest BCUT2D eigenvalue weighted by molar-refractivity contribution is 0.102. The quantitative estimate of drug-likeness (QED) is 0.372. The Kier molecular flexibility index (Phi) is 7.37. The van der Waals surface area contributed by atoms with E-state index in [4.69, 9.17) is 9.47 Å². The third-order valence-electron chi connectivity index (χ3n) is 4.32. The van der Waals surface area contributed by atoms with Crippen LogP contribution in [0.2, 0.25) is 0 Å². The molecule has 152 valence electrons. The second-order valence-electron chi connectivity index (χ2n) is 6.27. The average molecular weight is 415 g/mol.